The van der Waals surface area contributed by atoms with Crippen molar-refractivity contribution in [3.63, 3.8) is 0 Å². The number of carbonyl (C=O) groups excluding carboxylic acids is 2. The number of morpholine rings is 1. The van der Waals surface area contributed by atoms with Gasteiger partial charge in [-0.25, -0.2) is 0 Å². The van der Waals surface area contributed by atoms with E-state index in [1.54, 1.807) is 12.1 Å². The fourth-order valence-electron chi connectivity index (χ4n) is 3.49. The van der Waals surface area contributed by atoms with Crippen LogP contribution in [0.3, 0.4) is 0 Å². The van der Waals surface area contributed by atoms with Crippen LogP contribution in [0.1, 0.15) is 41.0 Å². The highest BCUT2D eigenvalue weighted by Crippen LogP contribution is 2.29. The highest BCUT2D eigenvalue weighted by atomic mass is 16.6. The van der Waals surface area contributed by atoms with E-state index in [-0.39, 0.29) is 16.8 Å². The van der Waals surface area contributed by atoms with Crippen LogP contribution in [0, 0.1) is 16.0 Å². The van der Waals surface area contributed by atoms with Gasteiger partial charge >= 0.3 is 0 Å². The van der Waals surface area contributed by atoms with Gasteiger partial charge in [-0.15, -0.1) is 0 Å². The van der Waals surface area contributed by atoms with E-state index in [9.17, 15) is 19.7 Å². The lowest BCUT2D eigenvalue weighted by molar-refractivity contribution is -0.384. The first-order chi connectivity index (χ1) is 16.8. The number of methoxy groups -OCH3 is 1. The third-order valence-corrected chi connectivity index (χ3v) is 5.46. The number of hydrogen-bond acceptors (Lipinski definition) is 8. The largest absolute Gasteiger partial charge is 0.493 e. The molecule has 0 aliphatic carbocycles. The number of nitro benzene ring substituents is 1. The summed E-state index contributed by atoms with van der Waals surface area (Å²) >= 11 is 0. The van der Waals surface area contributed by atoms with Gasteiger partial charge in [-0.05, 0) is 36.6 Å². The van der Waals surface area contributed by atoms with Crippen LogP contribution < -0.4 is 25.2 Å². The van der Waals surface area contributed by atoms with Gasteiger partial charge in [0.2, 0.25) is 0 Å². The van der Waals surface area contributed by atoms with Crippen molar-refractivity contribution >= 4 is 23.2 Å². The minimum Gasteiger partial charge on any atom is -0.493 e. The van der Waals surface area contributed by atoms with Gasteiger partial charge in [0, 0.05) is 30.8 Å². The molecule has 0 saturated carbocycles. The molecule has 1 heterocycles. The maximum Gasteiger partial charge on any atom is 0.272 e. The zero-order valence-electron chi connectivity index (χ0n) is 20.0. The SMILES string of the molecule is COc1cc(C(=O)NNC(=O)c2cc([N+](=O)[O-])ccc2N2CCOCC2)ccc1OCCC(C)C. The second-order valence-corrected chi connectivity index (χ2v) is 8.36. The average Bonchev–Trinajstić information content (AvgIpc) is 2.87. The second kappa shape index (κ2) is 12.0. The first-order valence-electron chi connectivity index (χ1n) is 11.3. The van der Waals surface area contributed by atoms with Gasteiger partial charge in [0.1, 0.15) is 0 Å². The summed E-state index contributed by atoms with van der Waals surface area (Å²) in [5.74, 6) is 0.138. The van der Waals surface area contributed by atoms with Crippen molar-refractivity contribution < 1.29 is 28.7 Å². The van der Waals surface area contributed by atoms with E-state index in [0.717, 1.165) is 6.42 Å². The van der Waals surface area contributed by atoms with E-state index in [0.29, 0.717) is 56.0 Å². The van der Waals surface area contributed by atoms with Gasteiger partial charge in [0.15, 0.2) is 11.5 Å². The summed E-state index contributed by atoms with van der Waals surface area (Å²) in [6, 6.07) is 8.77. The zero-order valence-corrected chi connectivity index (χ0v) is 20.0. The Bertz CT molecular complexity index is 1070. The fraction of sp³-hybridized carbons (Fsp3) is 0.417. The smallest absolute Gasteiger partial charge is 0.272 e. The molecule has 11 nitrogen and oxygen atoms in total. The number of benzene rings is 2. The van der Waals surface area contributed by atoms with Crippen molar-refractivity contribution in [1.29, 1.82) is 0 Å². The minimum absolute atomic E-state index is 0.0767. The van der Waals surface area contributed by atoms with Gasteiger partial charge in [-0.3, -0.25) is 30.6 Å². The molecule has 188 valence electrons. The van der Waals surface area contributed by atoms with E-state index in [1.807, 2.05) is 4.90 Å². The number of nitro groups is 1. The van der Waals surface area contributed by atoms with E-state index < -0.39 is 16.7 Å². The number of nitrogens with one attached hydrogen (secondary N) is 2. The van der Waals surface area contributed by atoms with Gasteiger partial charge < -0.3 is 19.1 Å². The van der Waals surface area contributed by atoms with Crippen LogP contribution in [-0.2, 0) is 4.74 Å². The van der Waals surface area contributed by atoms with E-state index in [2.05, 4.69) is 24.7 Å². The Balaban J connectivity index is 1.71. The Morgan fingerprint density at radius 1 is 1.09 bits per heavy atom. The van der Waals surface area contributed by atoms with Crippen molar-refractivity contribution in [2.24, 2.45) is 5.92 Å². The van der Waals surface area contributed by atoms with Crippen LogP contribution in [0.25, 0.3) is 0 Å². The van der Waals surface area contributed by atoms with Crippen LogP contribution in [0.15, 0.2) is 36.4 Å². The van der Waals surface area contributed by atoms with E-state index in [4.69, 9.17) is 14.2 Å². The Kier molecular flexibility index (Phi) is 8.85. The monoisotopic (exact) mass is 486 g/mol. The summed E-state index contributed by atoms with van der Waals surface area (Å²) in [5, 5.41) is 11.2. The molecule has 1 aliphatic rings. The molecule has 1 fully saturated rings. The fourth-order valence-corrected chi connectivity index (χ4v) is 3.49. The first-order valence-corrected chi connectivity index (χ1v) is 11.3. The summed E-state index contributed by atoms with van der Waals surface area (Å²) in [4.78, 5) is 38.2. The van der Waals surface area contributed by atoms with Gasteiger partial charge in [0.05, 0.1) is 43.1 Å². The summed E-state index contributed by atoms with van der Waals surface area (Å²) < 4.78 is 16.4. The van der Waals surface area contributed by atoms with Crippen LogP contribution in [-0.4, -0.2) is 56.8 Å². The van der Waals surface area contributed by atoms with Gasteiger partial charge in [-0.2, -0.15) is 0 Å². The first kappa shape index (κ1) is 25.8. The number of nitrogens with zero attached hydrogens (tertiary/aromatic N) is 2. The molecular weight excluding hydrogens is 456 g/mol. The minimum atomic E-state index is -0.677. The third-order valence-electron chi connectivity index (χ3n) is 5.46. The molecule has 1 aliphatic heterocycles. The molecule has 2 N–H and O–H groups in total. The van der Waals surface area contributed by atoms with Gasteiger partial charge in [0.25, 0.3) is 17.5 Å². The Morgan fingerprint density at radius 2 is 1.80 bits per heavy atom. The molecule has 0 bridgehead atoms. The number of carbonyl (C=O) groups is 2. The molecule has 1 saturated heterocycles. The Labute approximate surface area is 203 Å². The molecule has 0 aromatic heterocycles. The summed E-state index contributed by atoms with van der Waals surface area (Å²) in [6.07, 6.45) is 0.877. The Hall–Kier alpha value is -3.86. The molecule has 3 rings (SSSR count). The number of non-ortho nitro benzene ring substituents is 1. The predicted octanol–water partition coefficient (Wildman–Crippen LogP) is 2.94. The normalized spacial score (nSPS) is 13.3. The van der Waals surface area contributed by atoms with Crippen LogP contribution in [0.5, 0.6) is 11.5 Å². The number of hydrogen-bond donors (Lipinski definition) is 2. The topological polar surface area (TPSA) is 132 Å². The van der Waals surface area contributed by atoms with Crippen LogP contribution in [0.2, 0.25) is 0 Å². The molecule has 0 atom stereocenters. The lowest BCUT2D eigenvalue weighted by Crippen LogP contribution is -2.43. The molecule has 0 radical (unpaired) electrons. The van der Waals surface area contributed by atoms with Crippen molar-refractivity contribution in [3.05, 3.63) is 57.6 Å². The van der Waals surface area contributed by atoms with Crippen molar-refractivity contribution in [3.8, 4) is 11.5 Å². The number of ether oxygens (including phenoxy) is 3. The molecule has 11 heteroatoms. The number of rotatable bonds is 9. The standard InChI is InChI=1S/C24H30N4O7/c1-16(2)8-11-35-21-7-4-17(14-22(21)33-3)23(29)25-26-24(30)19-15-18(28(31)32)5-6-20(19)27-9-12-34-13-10-27/h4-7,14-16H,8-13H2,1-3H3,(H,25,29)(H,26,30). The molecule has 2 aromatic carbocycles. The van der Waals surface area contributed by atoms with E-state index in [1.165, 1.54) is 31.4 Å². The molecule has 2 aromatic rings. The second-order valence-electron chi connectivity index (χ2n) is 8.36. The van der Waals surface area contributed by atoms with Crippen LogP contribution >= 0.6 is 0 Å². The van der Waals surface area contributed by atoms with Crippen LogP contribution in [0.4, 0.5) is 11.4 Å². The number of anilines is 1. The van der Waals surface area contributed by atoms with Gasteiger partial charge in [-0.1, -0.05) is 13.8 Å². The lowest BCUT2D eigenvalue weighted by Gasteiger charge is -2.30. The van der Waals surface area contributed by atoms with E-state index >= 15 is 0 Å². The molecule has 0 spiro atoms. The average molecular weight is 487 g/mol. The molecule has 0 unspecified atom stereocenters. The zero-order chi connectivity index (χ0) is 25.4. The maximum absolute atomic E-state index is 12.9. The maximum atomic E-state index is 12.9. The van der Waals surface area contributed by atoms with Crippen molar-refractivity contribution in [2.75, 3.05) is 44.9 Å². The summed E-state index contributed by atoms with van der Waals surface area (Å²) in [6.45, 7) is 6.75. The predicted molar refractivity (Wildman–Crippen MR) is 129 cm³/mol. The number of hydrazine groups is 1. The number of amides is 2. The summed E-state index contributed by atoms with van der Waals surface area (Å²) in [5.41, 5.74) is 5.32. The highest BCUT2D eigenvalue weighted by Gasteiger charge is 2.23. The Morgan fingerprint density at radius 3 is 2.46 bits per heavy atom. The molecule has 35 heavy (non-hydrogen) atoms. The quantitative estimate of drug-likeness (QED) is 0.408. The van der Waals surface area contributed by atoms with Crippen molar-refractivity contribution in [1.82, 2.24) is 10.9 Å². The summed E-state index contributed by atoms with van der Waals surface area (Å²) in [7, 11) is 1.48. The lowest BCUT2D eigenvalue weighted by atomic mass is 10.1. The molecular formula is C24H30N4O7. The van der Waals surface area contributed by atoms with Crippen molar-refractivity contribution in [2.45, 2.75) is 20.3 Å². The third kappa shape index (κ3) is 6.82. The highest BCUT2D eigenvalue weighted by molar-refractivity contribution is 6.03. The molecule has 2 amide bonds.